The van der Waals surface area contributed by atoms with Gasteiger partial charge in [0.2, 0.25) is 0 Å². The van der Waals surface area contributed by atoms with Crippen LogP contribution in [-0.2, 0) is 14.6 Å². The number of hydrogen-bond donors (Lipinski definition) is 0. The van der Waals surface area contributed by atoms with E-state index < -0.39 is 9.84 Å². The highest BCUT2D eigenvalue weighted by atomic mass is 32.2. The predicted molar refractivity (Wildman–Crippen MR) is 38.9 cm³/mol. The maximum Gasteiger partial charge on any atom is 0.156 e. The molecule has 2 saturated heterocycles. The fourth-order valence-electron chi connectivity index (χ4n) is 2.27. The molecular weight excluding hydrogens is 164 g/mol. The van der Waals surface area contributed by atoms with Crippen LogP contribution in [0.5, 0.6) is 0 Å². The molecule has 3 nitrogen and oxygen atoms in total. The second kappa shape index (κ2) is 1.54. The Kier molecular flexibility index (Phi) is 0.868. The largest absolute Gasteiger partial charge is 0.365 e. The van der Waals surface area contributed by atoms with Crippen LogP contribution in [0.2, 0.25) is 0 Å². The Bertz CT molecular complexity index is 330. The molecule has 2 fully saturated rings. The van der Waals surface area contributed by atoms with Gasteiger partial charge in [0, 0.05) is 5.92 Å². The van der Waals surface area contributed by atoms with Crippen LogP contribution in [0.3, 0.4) is 0 Å². The van der Waals surface area contributed by atoms with Crippen LogP contribution in [0.1, 0.15) is 0 Å². The third-order valence-corrected chi connectivity index (χ3v) is 5.11. The summed E-state index contributed by atoms with van der Waals surface area (Å²) in [4.78, 5) is 0. The van der Waals surface area contributed by atoms with Crippen molar-refractivity contribution in [1.29, 1.82) is 0 Å². The molecule has 0 unspecified atom stereocenters. The molecule has 4 heteroatoms. The van der Waals surface area contributed by atoms with Crippen molar-refractivity contribution in [3.8, 4) is 0 Å². The summed E-state index contributed by atoms with van der Waals surface area (Å²) in [6.07, 6.45) is 3.85. The number of fused-ring (bicyclic) bond motifs is 5. The maximum absolute atomic E-state index is 11.2. The minimum Gasteiger partial charge on any atom is -0.365 e. The summed E-state index contributed by atoms with van der Waals surface area (Å²) in [6, 6.07) is 0. The highest BCUT2D eigenvalue weighted by Gasteiger charge is 2.60. The van der Waals surface area contributed by atoms with E-state index in [1.165, 1.54) is 0 Å². The fraction of sp³-hybridized carbons (Fsp3) is 0.714. The van der Waals surface area contributed by atoms with E-state index in [4.69, 9.17) is 4.74 Å². The highest BCUT2D eigenvalue weighted by Crippen LogP contribution is 2.46. The van der Waals surface area contributed by atoms with Gasteiger partial charge in [-0.15, -0.1) is 0 Å². The molecule has 3 rings (SSSR count). The molecule has 0 saturated carbocycles. The quantitative estimate of drug-likeness (QED) is 0.473. The molecule has 3 aliphatic rings. The lowest BCUT2D eigenvalue weighted by molar-refractivity contribution is 0.113. The fourth-order valence-corrected chi connectivity index (χ4v) is 4.41. The average Bonchev–Trinajstić information content (AvgIpc) is 2.41. The Morgan fingerprint density at radius 2 is 2.00 bits per heavy atom. The Balaban J connectivity index is 2.09. The molecule has 0 aliphatic carbocycles. The molecular formula is C7H8O3S. The molecule has 0 aromatic rings. The molecule has 11 heavy (non-hydrogen) atoms. The summed E-state index contributed by atoms with van der Waals surface area (Å²) in [5, 5.41) is -0.197. The number of ether oxygens (including phenoxy) is 1. The van der Waals surface area contributed by atoms with Gasteiger partial charge in [0.05, 0.1) is 23.2 Å². The van der Waals surface area contributed by atoms with Gasteiger partial charge in [-0.25, -0.2) is 8.42 Å². The summed E-state index contributed by atoms with van der Waals surface area (Å²) >= 11 is 0. The second-order valence-corrected chi connectivity index (χ2v) is 5.61. The van der Waals surface area contributed by atoms with Crippen LogP contribution < -0.4 is 0 Å². The molecule has 60 valence electrons. The van der Waals surface area contributed by atoms with Crippen molar-refractivity contribution in [3.05, 3.63) is 12.2 Å². The molecule has 0 amide bonds. The van der Waals surface area contributed by atoms with Gasteiger partial charge in [0.15, 0.2) is 9.84 Å². The zero-order valence-corrected chi connectivity index (χ0v) is 6.62. The molecule has 3 aliphatic heterocycles. The van der Waals surface area contributed by atoms with Gasteiger partial charge in [0.25, 0.3) is 0 Å². The van der Waals surface area contributed by atoms with E-state index >= 15 is 0 Å². The number of hydrogen-bond acceptors (Lipinski definition) is 3. The van der Waals surface area contributed by atoms with E-state index in [2.05, 4.69) is 0 Å². The van der Waals surface area contributed by atoms with Crippen LogP contribution in [0.25, 0.3) is 0 Å². The predicted octanol–water partition coefficient (Wildman–Crippen LogP) is -0.263. The maximum atomic E-state index is 11.2. The van der Waals surface area contributed by atoms with E-state index in [0.717, 1.165) is 0 Å². The number of sulfone groups is 1. The summed E-state index contributed by atoms with van der Waals surface area (Å²) in [5.74, 6) is 0.610. The lowest BCUT2D eigenvalue weighted by atomic mass is 9.94. The molecule has 0 spiro atoms. The van der Waals surface area contributed by atoms with Gasteiger partial charge in [-0.2, -0.15) is 0 Å². The van der Waals surface area contributed by atoms with Crippen molar-refractivity contribution in [3.63, 3.8) is 0 Å². The van der Waals surface area contributed by atoms with Crippen molar-refractivity contribution >= 4 is 9.84 Å². The van der Waals surface area contributed by atoms with Crippen molar-refractivity contribution in [2.24, 2.45) is 5.92 Å². The molecule has 0 aromatic heterocycles. The first-order valence-corrected chi connectivity index (χ1v) is 5.45. The van der Waals surface area contributed by atoms with Gasteiger partial charge in [-0.3, -0.25) is 0 Å². The van der Waals surface area contributed by atoms with Crippen molar-refractivity contribution in [2.45, 2.75) is 17.5 Å². The summed E-state index contributed by atoms with van der Waals surface area (Å²) in [7, 11) is -2.77. The van der Waals surface area contributed by atoms with Gasteiger partial charge in [-0.1, -0.05) is 12.2 Å². The molecule has 2 bridgehead atoms. The zero-order valence-electron chi connectivity index (χ0n) is 5.80. The molecule has 3 heterocycles. The van der Waals surface area contributed by atoms with E-state index in [1.807, 2.05) is 12.2 Å². The average molecular weight is 172 g/mol. The molecule has 0 aromatic carbocycles. The van der Waals surface area contributed by atoms with E-state index in [-0.39, 0.29) is 23.4 Å². The Morgan fingerprint density at radius 1 is 1.27 bits per heavy atom. The summed E-state index contributed by atoms with van der Waals surface area (Å²) in [5.41, 5.74) is 0. The molecule has 0 radical (unpaired) electrons. The zero-order chi connectivity index (χ0) is 7.64. The summed E-state index contributed by atoms with van der Waals surface area (Å²) in [6.45, 7) is 0. The van der Waals surface area contributed by atoms with Crippen LogP contribution >= 0.6 is 0 Å². The standard InChI is InChI=1S/C7H8O3S/c8-11(9)3-4-5-1-2-6(10-5)7(4)11/h1-2,4-7H,3H2/t4-,5+,6-,7+/m0/s1. The minimum atomic E-state index is -2.77. The smallest absolute Gasteiger partial charge is 0.156 e. The third kappa shape index (κ3) is 0.564. The van der Waals surface area contributed by atoms with Gasteiger partial charge in [0.1, 0.15) is 0 Å². The lowest BCUT2D eigenvalue weighted by Gasteiger charge is -2.33. The summed E-state index contributed by atoms with van der Waals surface area (Å²) < 4.78 is 27.8. The second-order valence-electron chi connectivity index (χ2n) is 3.41. The Hall–Kier alpha value is -0.350. The van der Waals surface area contributed by atoms with Crippen LogP contribution in [0.15, 0.2) is 12.2 Å². The van der Waals surface area contributed by atoms with E-state index in [0.29, 0.717) is 5.75 Å². The van der Waals surface area contributed by atoms with Crippen molar-refractivity contribution in [2.75, 3.05) is 5.75 Å². The van der Waals surface area contributed by atoms with Gasteiger partial charge >= 0.3 is 0 Å². The minimum absolute atomic E-state index is 0.105. The van der Waals surface area contributed by atoms with Crippen molar-refractivity contribution < 1.29 is 13.2 Å². The first-order valence-electron chi connectivity index (χ1n) is 3.74. The van der Waals surface area contributed by atoms with Gasteiger partial charge in [-0.05, 0) is 0 Å². The lowest BCUT2D eigenvalue weighted by Crippen LogP contribution is -2.51. The van der Waals surface area contributed by atoms with E-state index in [9.17, 15) is 8.42 Å². The third-order valence-electron chi connectivity index (χ3n) is 2.81. The van der Waals surface area contributed by atoms with Gasteiger partial charge < -0.3 is 4.74 Å². The first kappa shape index (κ1) is 6.20. The Labute approximate surface area is 65.0 Å². The highest BCUT2D eigenvalue weighted by molar-refractivity contribution is 7.93. The van der Waals surface area contributed by atoms with E-state index in [1.54, 1.807) is 0 Å². The van der Waals surface area contributed by atoms with Crippen LogP contribution in [0.4, 0.5) is 0 Å². The SMILES string of the molecule is O=S1(=O)C[C@@H]2[C@@H]1[C@@H]1C=C[C@H]2O1. The Morgan fingerprint density at radius 3 is 2.55 bits per heavy atom. The first-order chi connectivity index (χ1) is 5.18. The molecule has 4 atom stereocenters. The normalized spacial score (nSPS) is 55.6. The number of rotatable bonds is 0. The molecule has 0 N–H and O–H groups in total. The topological polar surface area (TPSA) is 43.4 Å². The monoisotopic (exact) mass is 172 g/mol. The van der Waals surface area contributed by atoms with Crippen LogP contribution in [0, 0.1) is 5.92 Å². The van der Waals surface area contributed by atoms with Crippen molar-refractivity contribution in [1.82, 2.24) is 0 Å². The van der Waals surface area contributed by atoms with Crippen LogP contribution in [-0.4, -0.2) is 31.6 Å².